The lowest BCUT2D eigenvalue weighted by molar-refractivity contribution is -0.114. The first-order valence-corrected chi connectivity index (χ1v) is 13.2. The predicted octanol–water partition coefficient (Wildman–Crippen LogP) is 2.33. The van der Waals surface area contributed by atoms with Gasteiger partial charge in [-0.15, -0.1) is 11.3 Å². The smallest absolute Gasteiger partial charge is 0.262 e. The van der Waals surface area contributed by atoms with E-state index < -0.39 is 10.0 Å². The van der Waals surface area contributed by atoms with Crippen LogP contribution in [0, 0.1) is 0 Å². The van der Waals surface area contributed by atoms with Crippen LogP contribution in [-0.2, 0) is 27.8 Å². The largest absolute Gasteiger partial charge is 0.350 e. The first kappa shape index (κ1) is 22.9. The molecule has 3 N–H and O–H groups in total. The third kappa shape index (κ3) is 4.88. The molecule has 0 aliphatic carbocycles. The highest BCUT2D eigenvalue weighted by molar-refractivity contribution is 7.89. The maximum Gasteiger partial charge on any atom is 0.262 e. The van der Waals surface area contributed by atoms with Crippen molar-refractivity contribution in [3.8, 4) is 0 Å². The Balaban J connectivity index is 1.52. The zero-order chi connectivity index (χ0) is 22.7. The monoisotopic (exact) mass is 476 g/mol. The molecule has 4 rings (SSSR count). The summed E-state index contributed by atoms with van der Waals surface area (Å²) < 4.78 is 28.3. The molecule has 1 aromatic carbocycles. The molecule has 0 saturated carbocycles. The highest BCUT2D eigenvalue weighted by Gasteiger charge is 2.33. The average molecular weight is 477 g/mol. The number of amides is 2. The Morgan fingerprint density at radius 2 is 2.09 bits per heavy atom. The third-order valence-corrected chi connectivity index (χ3v) is 8.85. The van der Waals surface area contributed by atoms with Crippen molar-refractivity contribution in [1.82, 2.24) is 14.9 Å². The van der Waals surface area contributed by atoms with Crippen LogP contribution in [0.3, 0.4) is 0 Å². The number of nitrogens with zero attached hydrogens (tertiary/aromatic N) is 1. The molecule has 2 aromatic rings. The van der Waals surface area contributed by atoms with Gasteiger partial charge in [-0.2, -0.15) is 4.31 Å². The normalized spacial score (nSPS) is 19.2. The van der Waals surface area contributed by atoms with Gasteiger partial charge in [0.2, 0.25) is 15.9 Å². The number of fused-ring (bicyclic) bond motifs is 1. The average Bonchev–Trinajstić information content (AvgIpc) is 3.29. The molecule has 10 heteroatoms. The minimum Gasteiger partial charge on any atom is -0.350 e. The zero-order valence-electron chi connectivity index (χ0n) is 18.0. The molecule has 2 amide bonds. The van der Waals surface area contributed by atoms with E-state index in [1.165, 1.54) is 17.3 Å². The van der Waals surface area contributed by atoms with E-state index in [-0.39, 0.29) is 34.2 Å². The fourth-order valence-corrected chi connectivity index (χ4v) is 6.99. The van der Waals surface area contributed by atoms with Crippen molar-refractivity contribution in [3.05, 3.63) is 45.6 Å². The second-order valence-corrected chi connectivity index (χ2v) is 11.0. The summed E-state index contributed by atoms with van der Waals surface area (Å²) in [6.45, 7) is 3.32. The molecule has 0 unspecified atom stereocenters. The molecule has 1 atom stereocenters. The van der Waals surface area contributed by atoms with Crippen LogP contribution in [0.5, 0.6) is 0 Å². The molecular weight excluding hydrogens is 448 g/mol. The van der Waals surface area contributed by atoms with Crippen molar-refractivity contribution in [2.75, 3.05) is 25.0 Å². The fraction of sp³-hybridized carbons (Fsp3) is 0.455. The number of sulfonamides is 1. The Morgan fingerprint density at radius 1 is 1.25 bits per heavy atom. The van der Waals surface area contributed by atoms with Gasteiger partial charge in [0.1, 0.15) is 9.77 Å². The summed E-state index contributed by atoms with van der Waals surface area (Å²) >= 11 is 1.14. The predicted molar refractivity (Wildman–Crippen MR) is 124 cm³/mol. The van der Waals surface area contributed by atoms with Gasteiger partial charge in [0, 0.05) is 38.3 Å². The molecule has 0 radical (unpaired) electrons. The summed E-state index contributed by atoms with van der Waals surface area (Å²) in [5.41, 5.74) is 2.44. The zero-order valence-corrected chi connectivity index (χ0v) is 19.7. The van der Waals surface area contributed by atoms with Crippen molar-refractivity contribution in [3.63, 3.8) is 0 Å². The van der Waals surface area contributed by atoms with Crippen molar-refractivity contribution in [2.24, 2.45) is 0 Å². The van der Waals surface area contributed by atoms with Gasteiger partial charge in [0.15, 0.2) is 0 Å². The number of anilines is 1. The lowest BCUT2D eigenvalue weighted by atomic mass is 9.99. The standard InChI is InChI=1S/C22H28N4O4S2/c1-15(27)25-19-7-4-5-16-8-11-26(14-18(16)19)32(29,30)20-9-12-31-21(20)22(28)24-13-17-6-2-3-10-23-17/h4-5,7,9,12,17,23H,2-3,6,8,10-11,13-14H2,1H3,(H,24,28)(H,25,27)/t17-/m1/s1. The molecule has 2 aliphatic rings. The Bertz CT molecular complexity index is 1110. The molecule has 1 saturated heterocycles. The topological polar surface area (TPSA) is 108 Å². The van der Waals surface area contributed by atoms with Crippen LogP contribution in [0.15, 0.2) is 34.5 Å². The summed E-state index contributed by atoms with van der Waals surface area (Å²) in [6, 6.07) is 7.31. The van der Waals surface area contributed by atoms with Crippen LogP contribution in [0.2, 0.25) is 0 Å². The lowest BCUT2D eigenvalue weighted by Crippen LogP contribution is -2.43. The summed E-state index contributed by atoms with van der Waals surface area (Å²) in [6.07, 6.45) is 3.81. The molecular formula is C22H28N4O4S2. The summed E-state index contributed by atoms with van der Waals surface area (Å²) in [5.74, 6) is -0.565. The summed E-state index contributed by atoms with van der Waals surface area (Å²) in [4.78, 5) is 24.6. The molecule has 0 bridgehead atoms. The van der Waals surface area contributed by atoms with Crippen LogP contribution in [-0.4, -0.2) is 50.2 Å². The van der Waals surface area contributed by atoms with Crippen LogP contribution < -0.4 is 16.0 Å². The molecule has 2 aliphatic heterocycles. The van der Waals surface area contributed by atoms with Gasteiger partial charge >= 0.3 is 0 Å². The van der Waals surface area contributed by atoms with Gasteiger partial charge < -0.3 is 16.0 Å². The van der Waals surface area contributed by atoms with E-state index >= 15 is 0 Å². The first-order chi connectivity index (χ1) is 15.4. The van der Waals surface area contributed by atoms with E-state index in [1.54, 1.807) is 11.4 Å². The number of piperidine rings is 1. The molecule has 3 heterocycles. The molecule has 1 fully saturated rings. The van der Waals surface area contributed by atoms with E-state index in [2.05, 4.69) is 16.0 Å². The number of carbonyl (C=O) groups excluding carboxylic acids is 2. The number of hydrogen-bond donors (Lipinski definition) is 3. The van der Waals surface area contributed by atoms with Crippen molar-refractivity contribution < 1.29 is 18.0 Å². The maximum absolute atomic E-state index is 13.5. The number of hydrogen-bond acceptors (Lipinski definition) is 6. The fourth-order valence-electron chi connectivity index (χ4n) is 4.27. The number of benzene rings is 1. The van der Waals surface area contributed by atoms with Gasteiger partial charge in [-0.3, -0.25) is 9.59 Å². The van der Waals surface area contributed by atoms with Gasteiger partial charge in [0.05, 0.1) is 0 Å². The first-order valence-electron chi connectivity index (χ1n) is 10.8. The third-order valence-electron chi connectivity index (χ3n) is 5.92. The minimum atomic E-state index is -3.87. The van der Waals surface area contributed by atoms with Gasteiger partial charge in [-0.25, -0.2) is 8.42 Å². The molecule has 32 heavy (non-hydrogen) atoms. The van der Waals surface area contributed by atoms with Crippen molar-refractivity contribution in [2.45, 2.75) is 50.1 Å². The van der Waals surface area contributed by atoms with Gasteiger partial charge in [-0.05, 0) is 54.4 Å². The molecule has 0 spiro atoms. The number of nitrogens with one attached hydrogen (secondary N) is 3. The summed E-state index contributed by atoms with van der Waals surface area (Å²) in [5, 5.41) is 10.7. The van der Waals surface area contributed by atoms with Crippen LogP contribution >= 0.6 is 11.3 Å². The van der Waals surface area contributed by atoms with Crippen LogP contribution in [0.4, 0.5) is 5.69 Å². The van der Waals surface area contributed by atoms with Crippen LogP contribution in [0.25, 0.3) is 0 Å². The number of rotatable bonds is 6. The Labute approximate surface area is 192 Å². The number of thiophene rings is 1. The van der Waals surface area contributed by atoms with Crippen molar-refractivity contribution in [1.29, 1.82) is 0 Å². The van der Waals surface area contributed by atoms with E-state index in [0.29, 0.717) is 25.2 Å². The molecule has 8 nitrogen and oxygen atoms in total. The Morgan fingerprint density at radius 3 is 2.84 bits per heavy atom. The summed E-state index contributed by atoms with van der Waals surface area (Å²) in [7, 11) is -3.87. The quantitative estimate of drug-likeness (QED) is 0.593. The van der Waals surface area contributed by atoms with E-state index in [1.807, 2.05) is 12.1 Å². The van der Waals surface area contributed by atoms with Crippen LogP contribution in [0.1, 0.15) is 47.0 Å². The highest BCUT2D eigenvalue weighted by atomic mass is 32.2. The maximum atomic E-state index is 13.5. The van der Waals surface area contributed by atoms with E-state index in [0.717, 1.165) is 48.3 Å². The second kappa shape index (κ2) is 9.70. The Kier molecular flexibility index (Phi) is 6.94. The molecule has 1 aromatic heterocycles. The molecule has 172 valence electrons. The van der Waals surface area contributed by atoms with E-state index in [4.69, 9.17) is 0 Å². The number of carbonyl (C=O) groups is 2. The van der Waals surface area contributed by atoms with E-state index in [9.17, 15) is 18.0 Å². The minimum absolute atomic E-state index is 0.0389. The lowest BCUT2D eigenvalue weighted by Gasteiger charge is -2.29. The van der Waals surface area contributed by atoms with Gasteiger partial charge in [-0.1, -0.05) is 18.6 Å². The van der Waals surface area contributed by atoms with Gasteiger partial charge in [0.25, 0.3) is 5.91 Å². The highest BCUT2D eigenvalue weighted by Crippen LogP contribution is 2.32. The SMILES string of the molecule is CC(=O)Nc1cccc2c1CN(S(=O)(=O)c1ccsc1C(=O)NC[C@H]1CCCCN1)CC2. The second-order valence-electron chi connectivity index (χ2n) is 8.18. The Hall–Kier alpha value is -2.27. The van der Waals surface area contributed by atoms with Crippen molar-refractivity contribution >= 4 is 38.9 Å².